The third-order valence-electron chi connectivity index (χ3n) is 2.45. The SMILES string of the molecule is CNC(=O)C(C)(C)CNC(C)C(=O)OC(C)(C)C. The highest BCUT2D eigenvalue weighted by Crippen LogP contribution is 2.14. The third-order valence-corrected chi connectivity index (χ3v) is 2.45. The summed E-state index contributed by atoms with van der Waals surface area (Å²) >= 11 is 0. The van der Waals surface area contributed by atoms with Gasteiger partial charge in [0.15, 0.2) is 0 Å². The molecule has 0 aromatic heterocycles. The Hall–Kier alpha value is -1.10. The van der Waals surface area contributed by atoms with Crippen molar-refractivity contribution in [3.63, 3.8) is 0 Å². The Morgan fingerprint density at radius 3 is 2.06 bits per heavy atom. The van der Waals surface area contributed by atoms with Gasteiger partial charge < -0.3 is 15.4 Å². The Bertz CT molecular complexity index is 306. The first-order valence-corrected chi connectivity index (χ1v) is 6.18. The summed E-state index contributed by atoms with van der Waals surface area (Å²) in [5.74, 6) is -0.374. The van der Waals surface area contributed by atoms with Gasteiger partial charge in [-0.2, -0.15) is 0 Å². The highest BCUT2D eigenvalue weighted by atomic mass is 16.6. The predicted octanol–water partition coefficient (Wildman–Crippen LogP) is 1.08. The molecule has 106 valence electrons. The number of carbonyl (C=O) groups excluding carboxylic acids is 2. The number of rotatable bonds is 5. The van der Waals surface area contributed by atoms with Crippen molar-refractivity contribution < 1.29 is 14.3 Å². The van der Waals surface area contributed by atoms with E-state index in [4.69, 9.17) is 4.74 Å². The zero-order chi connectivity index (χ0) is 14.6. The van der Waals surface area contributed by atoms with Crippen LogP contribution in [0.3, 0.4) is 0 Å². The van der Waals surface area contributed by atoms with Crippen molar-refractivity contribution in [1.82, 2.24) is 10.6 Å². The summed E-state index contributed by atoms with van der Waals surface area (Å²) in [6.07, 6.45) is 0. The molecule has 0 rings (SSSR count). The largest absolute Gasteiger partial charge is 0.459 e. The number of hydrogen-bond donors (Lipinski definition) is 2. The topological polar surface area (TPSA) is 67.4 Å². The second kappa shape index (κ2) is 6.18. The number of nitrogens with one attached hydrogen (secondary N) is 2. The van der Waals surface area contributed by atoms with Crippen LogP contribution >= 0.6 is 0 Å². The smallest absolute Gasteiger partial charge is 0.323 e. The Labute approximate surface area is 110 Å². The monoisotopic (exact) mass is 258 g/mol. The average Bonchev–Trinajstić information content (AvgIpc) is 2.22. The van der Waals surface area contributed by atoms with Gasteiger partial charge in [-0.25, -0.2) is 0 Å². The molecule has 0 saturated carbocycles. The zero-order valence-electron chi connectivity index (χ0n) is 12.5. The van der Waals surface area contributed by atoms with Crippen LogP contribution in [0, 0.1) is 5.41 Å². The summed E-state index contributed by atoms with van der Waals surface area (Å²) in [5.41, 5.74) is -1.06. The molecule has 1 atom stereocenters. The Morgan fingerprint density at radius 1 is 1.17 bits per heavy atom. The summed E-state index contributed by atoms with van der Waals surface area (Å²) < 4.78 is 5.25. The fourth-order valence-electron chi connectivity index (χ4n) is 1.30. The van der Waals surface area contributed by atoms with Gasteiger partial charge in [0, 0.05) is 13.6 Å². The lowest BCUT2D eigenvalue weighted by molar-refractivity contribution is -0.157. The first-order valence-electron chi connectivity index (χ1n) is 6.18. The van der Waals surface area contributed by atoms with Crippen LogP contribution in [-0.2, 0) is 14.3 Å². The van der Waals surface area contributed by atoms with E-state index < -0.39 is 17.1 Å². The standard InChI is InChI=1S/C13H26N2O3/c1-9(10(16)18-12(2,3)4)15-8-13(5,6)11(17)14-7/h9,15H,8H2,1-7H3,(H,14,17). The van der Waals surface area contributed by atoms with Crippen molar-refractivity contribution in [2.24, 2.45) is 5.41 Å². The van der Waals surface area contributed by atoms with Crippen LogP contribution < -0.4 is 10.6 Å². The molecule has 0 saturated heterocycles. The second-order valence-electron chi connectivity index (χ2n) is 6.10. The maximum absolute atomic E-state index is 11.7. The molecule has 0 aromatic carbocycles. The van der Waals surface area contributed by atoms with Gasteiger partial charge in [0.2, 0.25) is 5.91 Å². The molecule has 0 heterocycles. The van der Waals surface area contributed by atoms with Gasteiger partial charge >= 0.3 is 5.97 Å². The first-order chi connectivity index (χ1) is 7.99. The van der Waals surface area contributed by atoms with E-state index >= 15 is 0 Å². The lowest BCUT2D eigenvalue weighted by Gasteiger charge is -2.26. The van der Waals surface area contributed by atoms with Gasteiger partial charge in [0.1, 0.15) is 11.6 Å². The van der Waals surface area contributed by atoms with Crippen molar-refractivity contribution in [2.75, 3.05) is 13.6 Å². The Morgan fingerprint density at radius 2 is 1.67 bits per heavy atom. The molecule has 0 spiro atoms. The van der Waals surface area contributed by atoms with E-state index in [1.54, 1.807) is 14.0 Å². The Kier molecular flexibility index (Phi) is 5.80. The molecule has 0 aromatic rings. The fourth-order valence-corrected chi connectivity index (χ4v) is 1.30. The van der Waals surface area contributed by atoms with Gasteiger partial charge in [-0.3, -0.25) is 9.59 Å². The highest BCUT2D eigenvalue weighted by molar-refractivity contribution is 5.82. The number of amides is 1. The van der Waals surface area contributed by atoms with Crippen LogP contribution in [0.1, 0.15) is 41.5 Å². The molecular formula is C13H26N2O3. The van der Waals surface area contributed by atoms with Crippen LogP contribution in [0.4, 0.5) is 0 Å². The van der Waals surface area contributed by atoms with E-state index in [1.165, 1.54) is 0 Å². The van der Waals surface area contributed by atoms with Crippen LogP contribution in [0.25, 0.3) is 0 Å². The van der Waals surface area contributed by atoms with Crippen molar-refractivity contribution in [3.05, 3.63) is 0 Å². The lowest BCUT2D eigenvalue weighted by atomic mass is 9.92. The van der Waals surface area contributed by atoms with E-state index in [1.807, 2.05) is 34.6 Å². The molecule has 0 aliphatic heterocycles. The molecule has 5 nitrogen and oxygen atoms in total. The molecular weight excluding hydrogens is 232 g/mol. The minimum Gasteiger partial charge on any atom is -0.459 e. The molecule has 18 heavy (non-hydrogen) atoms. The highest BCUT2D eigenvalue weighted by Gasteiger charge is 2.29. The lowest BCUT2D eigenvalue weighted by Crippen LogP contribution is -2.47. The molecule has 0 aliphatic rings. The maximum Gasteiger partial charge on any atom is 0.323 e. The van der Waals surface area contributed by atoms with Gasteiger partial charge in [-0.15, -0.1) is 0 Å². The van der Waals surface area contributed by atoms with Crippen molar-refractivity contribution >= 4 is 11.9 Å². The van der Waals surface area contributed by atoms with Crippen molar-refractivity contribution in [2.45, 2.75) is 53.2 Å². The normalized spacial score (nSPS) is 13.9. The number of hydrogen-bond acceptors (Lipinski definition) is 4. The van der Waals surface area contributed by atoms with E-state index in [9.17, 15) is 9.59 Å². The van der Waals surface area contributed by atoms with Gasteiger partial charge in [-0.05, 0) is 41.5 Å². The minimum atomic E-state index is -0.564. The second-order valence-corrected chi connectivity index (χ2v) is 6.10. The van der Waals surface area contributed by atoms with Crippen LogP contribution in [0.15, 0.2) is 0 Å². The number of carbonyl (C=O) groups is 2. The molecule has 5 heteroatoms. The molecule has 1 amide bonds. The maximum atomic E-state index is 11.7. The van der Waals surface area contributed by atoms with E-state index in [-0.39, 0.29) is 11.9 Å². The number of esters is 1. The third kappa shape index (κ3) is 6.00. The van der Waals surface area contributed by atoms with Crippen LogP contribution in [0.5, 0.6) is 0 Å². The fraction of sp³-hybridized carbons (Fsp3) is 0.846. The van der Waals surface area contributed by atoms with Crippen LogP contribution in [-0.4, -0.2) is 37.1 Å². The number of ether oxygens (including phenoxy) is 1. The first kappa shape index (κ1) is 16.9. The molecule has 1 unspecified atom stereocenters. The van der Waals surface area contributed by atoms with Crippen molar-refractivity contribution in [1.29, 1.82) is 0 Å². The molecule has 0 bridgehead atoms. The van der Waals surface area contributed by atoms with Crippen molar-refractivity contribution in [3.8, 4) is 0 Å². The predicted molar refractivity (Wildman–Crippen MR) is 71.2 cm³/mol. The van der Waals surface area contributed by atoms with Crippen LogP contribution in [0.2, 0.25) is 0 Å². The van der Waals surface area contributed by atoms with Gasteiger partial charge in [-0.1, -0.05) is 0 Å². The van der Waals surface area contributed by atoms with E-state index in [2.05, 4.69) is 10.6 Å². The molecule has 0 fully saturated rings. The van der Waals surface area contributed by atoms with E-state index in [0.717, 1.165) is 0 Å². The molecule has 0 radical (unpaired) electrons. The van der Waals surface area contributed by atoms with Gasteiger partial charge in [0.25, 0.3) is 0 Å². The summed E-state index contributed by atoms with van der Waals surface area (Å²) in [4.78, 5) is 23.3. The summed E-state index contributed by atoms with van der Waals surface area (Å²) in [5, 5.41) is 5.63. The molecule has 0 aliphatic carbocycles. The van der Waals surface area contributed by atoms with E-state index in [0.29, 0.717) is 6.54 Å². The minimum absolute atomic E-state index is 0.0635. The Balaban J connectivity index is 4.30. The summed E-state index contributed by atoms with van der Waals surface area (Å²) in [7, 11) is 1.60. The van der Waals surface area contributed by atoms with Gasteiger partial charge in [0.05, 0.1) is 5.41 Å². The quantitative estimate of drug-likeness (QED) is 0.724. The molecule has 2 N–H and O–H groups in total. The summed E-state index contributed by atoms with van der Waals surface area (Å²) in [6, 6.07) is -0.437. The zero-order valence-corrected chi connectivity index (χ0v) is 12.5. The summed E-state index contributed by atoms with van der Waals surface area (Å²) in [6.45, 7) is 11.3. The average molecular weight is 258 g/mol.